The second-order valence-corrected chi connectivity index (χ2v) is 8.80. The van der Waals surface area contributed by atoms with Crippen molar-refractivity contribution in [1.82, 2.24) is 19.6 Å². The van der Waals surface area contributed by atoms with Gasteiger partial charge in [0.1, 0.15) is 0 Å². The molecule has 10 heteroatoms. The van der Waals surface area contributed by atoms with Gasteiger partial charge in [-0.3, -0.25) is 0 Å². The molecule has 0 bridgehead atoms. The van der Waals surface area contributed by atoms with Crippen LogP contribution in [0.25, 0.3) is 22.4 Å². The highest BCUT2D eigenvalue weighted by molar-refractivity contribution is 5.96. The molecule has 35 heavy (non-hydrogen) atoms. The lowest BCUT2D eigenvalue weighted by atomic mass is 10.0. The zero-order valence-electron chi connectivity index (χ0n) is 19.3. The van der Waals surface area contributed by atoms with Crippen LogP contribution in [0.4, 0.5) is 24.5 Å². The van der Waals surface area contributed by atoms with Crippen molar-refractivity contribution in [2.75, 3.05) is 30.8 Å². The van der Waals surface area contributed by atoms with Crippen LogP contribution < -0.4 is 10.6 Å². The molecule has 2 aromatic carbocycles. The Kier molecular flexibility index (Phi) is 6.63. The smallest absolute Gasteiger partial charge is 0.288 e. The van der Waals surface area contributed by atoms with Crippen molar-refractivity contribution in [3.05, 3.63) is 60.5 Å². The largest absolute Gasteiger partial charge is 0.382 e. The van der Waals surface area contributed by atoms with Crippen LogP contribution in [0.1, 0.15) is 25.0 Å². The first-order valence-corrected chi connectivity index (χ1v) is 11.6. The number of rotatable bonds is 8. The Hall–Kier alpha value is -3.53. The van der Waals surface area contributed by atoms with Crippen LogP contribution in [-0.2, 0) is 6.54 Å². The molecule has 4 aromatic rings. The molecule has 5 rings (SSSR count). The summed E-state index contributed by atoms with van der Waals surface area (Å²) in [7, 11) is 2.09. The first-order valence-electron chi connectivity index (χ1n) is 11.6. The number of hydrogen-bond donors (Lipinski definition) is 2. The summed E-state index contributed by atoms with van der Waals surface area (Å²) in [5, 5.41) is 11.3. The minimum absolute atomic E-state index is 0.0552. The lowest BCUT2D eigenvalue weighted by Crippen LogP contribution is -2.36. The van der Waals surface area contributed by atoms with Gasteiger partial charge < -0.3 is 24.6 Å². The van der Waals surface area contributed by atoms with E-state index in [1.54, 1.807) is 18.2 Å². The van der Waals surface area contributed by atoms with E-state index in [4.69, 9.17) is 4.52 Å². The quantitative estimate of drug-likeness (QED) is 0.342. The Balaban J connectivity index is 1.47. The van der Waals surface area contributed by atoms with Crippen LogP contribution in [0.5, 0.6) is 0 Å². The zero-order valence-corrected chi connectivity index (χ0v) is 19.3. The van der Waals surface area contributed by atoms with E-state index in [-0.39, 0.29) is 30.0 Å². The lowest BCUT2D eigenvalue weighted by molar-refractivity contribution is 0.0114. The van der Waals surface area contributed by atoms with Crippen LogP contribution in [0.2, 0.25) is 0 Å². The summed E-state index contributed by atoms with van der Waals surface area (Å²) >= 11 is 0. The molecule has 0 radical (unpaired) electrons. The van der Waals surface area contributed by atoms with Gasteiger partial charge in [-0.05, 0) is 63.3 Å². The van der Waals surface area contributed by atoms with Gasteiger partial charge in [-0.1, -0.05) is 29.4 Å². The Morgan fingerprint density at radius 3 is 2.57 bits per heavy atom. The number of halogens is 3. The number of hydrogen-bond acceptors (Lipinski definition) is 6. The Morgan fingerprint density at radius 1 is 1.06 bits per heavy atom. The number of piperidine rings is 1. The van der Waals surface area contributed by atoms with E-state index in [0.717, 1.165) is 41.9 Å². The summed E-state index contributed by atoms with van der Waals surface area (Å²) < 4.78 is 48.2. The van der Waals surface area contributed by atoms with Crippen LogP contribution in [-0.4, -0.2) is 52.2 Å². The maximum atomic E-state index is 14.9. The van der Waals surface area contributed by atoms with Gasteiger partial charge in [-0.2, -0.15) is 4.98 Å². The molecule has 0 aliphatic carbocycles. The number of likely N-dealkylation sites (tertiary alicyclic amines) is 1. The second kappa shape index (κ2) is 9.99. The van der Waals surface area contributed by atoms with Crippen molar-refractivity contribution in [2.45, 2.75) is 38.1 Å². The molecule has 1 aliphatic rings. The molecular weight excluding hydrogens is 457 g/mol. The Bertz CT molecular complexity index is 1270. The molecule has 1 unspecified atom stereocenters. The first-order chi connectivity index (χ1) is 17.0. The van der Waals surface area contributed by atoms with Crippen LogP contribution in [0.15, 0.2) is 59.1 Å². The second-order valence-electron chi connectivity index (χ2n) is 8.80. The molecular formula is C25H27F3N6O. The molecule has 7 nitrogen and oxygen atoms in total. The number of para-hydroxylation sites is 1. The molecule has 2 N–H and O–H groups in total. The van der Waals surface area contributed by atoms with Gasteiger partial charge in [-0.15, -0.1) is 0 Å². The molecule has 3 heterocycles. The molecule has 1 fully saturated rings. The third-order valence-corrected chi connectivity index (χ3v) is 6.33. The molecule has 0 saturated carbocycles. The van der Waals surface area contributed by atoms with Crippen molar-refractivity contribution >= 4 is 22.3 Å². The number of fused-ring (bicyclic) bond motifs is 1. The molecule has 2 aromatic heterocycles. The van der Waals surface area contributed by atoms with Gasteiger partial charge in [0.15, 0.2) is 0 Å². The molecule has 1 saturated heterocycles. The highest BCUT2D eigenvalue weighted by Gasteiger charge is 2.29. The van der Waals surface area contributed by atoms with Crippen LogP contribution in [0.3, 0.4) is 0 Å². The van der Waals surface area contributed by atoms with E-state index in [1.165, 1.54) is 0 Å². The monoisotopic (exact) mass is 484 g/mol. The summed E-state index contributed by atoms with van der Waals surface area (Å²) in [6, 6.07) is 16.6. The fraction of sp³-hybridized carbons (Fsp3) is 0.360. The highest BCUT2D eigenvalue weighted by Crippen LogP contribution is 2.37. The standard InChI is InChI=1S/C25H27F3N6O/c1-33-12-10-17(11-13-33)30-19-8-5-9-20-18(19)14-21(34(20)24(28)23(26)27)25-31-22(35-32-25)15-29-16-6-3-2-4-7-16/h2-9,14,17,23-24,29-30H,10-13,15H2,1H3. The topological polar surface area (TPSA) is 71.2 Å². The number of nitrogens with one attached hydrogen (secondary N) is 2. The highest BCUT2D eigenvalue weighted by atomic mass is 19.3. The number of benzene rings is 2. The summed E-state index contributed by atoms with van der Waals surface area (Å²) in [5.74, 6) is 0.317. The number of anilines is 2. The van der Waals surface area contributed by atoms with E-state index >= 15 is 0 Å². The first kappa shape index (κ1) is 23.2. The van der Waals surface area contributed by atoms with Crippen molar-refractivity contribution in [2.24, 2.45) is 0 Å². The fourth-order valence-corrected chi connectivity index (χ4v) is 4.46. The Labute approximate surface area is 200 Å². The van der Waals surface area contributed by atoms with E-state index in [0.29, 0.717) is 10.9 Å². The average molecular weight is 485 g/mol. The van der Waals surface area contributed by atoms with Crippen molar-refractivity contribution in [3.63, 3.8) is 0 Å². The number of nitrogens with zero attached hydrogens (tertiary/aromatic N) is 4. The summed E-state index contributed by atoms with van der Waals surface area (Å²) in [4.78, 5) is 6.62. The SMILES string of the molecule is CN1CCC(Nc2cccc3c2cc(-c2noc(CNc4ccccc4)n2)n3C(F)C(F)F)CC1. The van der Waals surface area contributed by atoms with E-state index in [2.05, 4.69) is 32.7 Å². The maximum absolute atomic E-state index is 14.9. The van der Waals surface area contributed by atoms with Gasteiger partial charge in [0.2, 0.25) is 18.0 Å². The van der Waals surface area contributed by atoms with Crippen LogP contribution >= 0.6 is 0 Å². The average Bonchev–Trinajstić information content (AvgIpc) is 3.49. The van der Waals surface area contributed by atoms with E-state index < -0.39 is 12.7 Å². The fourth-order valence-electron chi connectivity index (χ4n) is 4.46. The molecule has 184 valence electrons. The van der Waals surface area contributed by atoms with Gasteiger partial charge >= 0.3 is 0 Å². The molecule has 1 aliphatic heterocycles. The van der Waals surface area contributed by atoms with Crippen LogP contribution in [0, 0.1) is 0 Å². The Morgan fingerprint density at radius 2 is 1.83 bits per heavy atom. The maximum Gasteiger partial charge on any atom is 0.288 e. The predicted octanol–water partition coefficient (Wildman–Crippen LogP) is 5.54. The number of alkyl halides is 3. The van der Waals surface area contributed by atoms with Crippen molar-refractivity contribution < 1.29 is 17.7 Å². The van der Waals surface area contributed by atoms with Gasteiger partial charge in [0.05, 0.1) is 17.8 Å². The number of aromatic nitrogens is 3. The summed E-state index contributed by atoms with van der Waals surface area (Å²) in [5.41, 5.74) is 2.13. The van der Waals surface area contributed by atoms with E-state index in [9.17, 15) is 13.2 Å². The van der Waals surface area contributed by atoms with Gasteiger partial charge in [0.25, 0.3) is 6.43 Å². The molecule has 0 amide bonds. The predicted molar refractivity (Wildman–Crippen MR) is 129 cm³/mol. The van der Waals surface area contributed by atoms with E-state index in [1.807, 2.05) is 36.4 Å². The normalized spacial score (nSPS) is 16.1. The summed E-state index contributed by atoms with van der Waals surface area (Å²) in [6.45, 7) is 2.19. The third-order valence-electron chi connectivity index (χ3n) is 6.33. The lowest BCUT2D eigenvalue weighted by Gasteiger charge is -2.30. The van der Waals surface area contributed by atoms with Gasteiger partial charge in [-0.25, -0.2) is 13.2 Å². The molecule has 0 spiro atoms. The van der Waals surface area contributed by atoms with Gasteiger partial charge in [0, 0.05) is 22.8 Å². The minimum atomic E-state index is -3.21. The minimum Gasteiger partial charge on any atom is -0.382 e. The molecule has 1 atom stereocenters. The third kappa shape index (κ3) is 4.97. The zero-order chi connectivity index (χ0) is 24.4. The summed E-state index contributed by atoms with van der Waals surface area (Å²) in [6.07, 6.45) is -3.83. The van der Waals surface area contributed by atoms with Crippen molar-refractivity contribution in [1.29, 1.82) is 0 Å². The van der Waals surface area contributed by atoms with Crippen molar-refractivity contribution in [3.8, 4) is 11.5 Å².